The van der Waals surface area contributed by atoms with E-state index in [9.17, 15) is 28.9 Å². The molecule has 424 valence electrons. The third kappa shape index (κ3) is 53.2. The highest BCUT2D eigenvalue weighted by atomic mass is 31.2. The Morgan fingerprint density at radius 1 is 0.392 bits per heavy atom. The second-order valence-electron chi connectivity index (χ2n) is 19.0. The maximum Gasteiger partial charge on any atom is 0.472 e. The van der Waals surface area contributed by atoms with Crippen molar-refractivity contribution in [2.24, 2.45) is 0 Å². The molecule has 3 atom stereocenters. The van der Waals surface area contributed by atoms with Crippen LogP contribution in [0.25, 0.3) is 0 Å². The number of carbonyl (C=O) groups is 3. The monoisotopic (exact) mass is 1060 g/mol. The van der Waals surface area contributed by atoms with E-state index in [0.29, 0.717) is 19.3 Å². The van der Waals surface area contributed by atoms with Gasteiger partial charge in [0.1, 0.15) is 12.7 Å². The van der Waals surface area contributed by atoms with Gasteiger partial charge in [-0.25, -0.2) is 4.57 Å². The van der Waals surface area contributed by atoms with Crippen molar-refractivity contribution in [3.05, 3.63) is 97.2 Å². The molecule has 0 aromatic rings. The van der Waals surface area contributed by atoms with Crippen molar-refractivity contribution in [2.45, 2.75) is 251 Å². The van der Waals surface area contributed by atoms with Crippen molar-refractivity contribution >= 4 is 25.7 Å². The van der Waals surface area contributed by atoms with Crippen LogP contribution in [-0.2, 0) is 42.2 Å². The molecule has 0 saturated carbocycles. The number of rotatable bonds is 53. The largest absolute Gasteiger partial charge is 0.472 e. The molecule has 11 nitrogen and oxygen atoms in total. The van der Waals surface area contributed by atoms with Gasteiger partial charge in [0.2, 0.25) is 0 Å². The van der Waals surface area contributed by atoms with Crippen molar-refractivity contribution < 1.29 is 52.2 Å². The Kier molecular flexibility index (Phi) is 52.9. The molecule has 0 radical (unpaired) electrons. The quantitative estimate of drug-likeness (QED) is 0.0197. The molecule has 2 N–H and O–H groups in total. The highest BCUT2D eigenvalue weighted by molar-refractivity contribution is 7.47. The first-order chi connectivity index (χ1) is 36.2. The standard InChI is InChI=1S/C62H105O11P/c1-4-7-10-13-16-19-22-25-27-28-29-30-32-35-38-41-44-47-50-53-62(66)73-59(55-69-60(64)51-48-45-42-39-36-34-31-26-23-20-17-14-11-8-5-2)57-71-74(67,68)70-56-58(54-63)72-61(65)52-49-46-43-40-37-33-24-21-18-15-12-9-6-3/h8-9,11-12,17-18,20-21,25-27,31,33,37,43,46,58-59,63H,4-7,10,13-16,19,22-24,28-30,32,34-36,38-42,44-45,47-57H2,1-3H3,(H,67,68)/b11-8-,12-9-,20-17-,21-18-,27-25-,31-26-,37-33-,46-43-. The molecule has 0 saturated heterocycles. The van der Waals surface area contributed by atoms with Crippen LogP contribution in [0.15, 0.2) is 97.2 Å². The number of phosphoric ester groups is 1. The zero-order chi connectivity index (χ0) is 54.1. The average Bonchev–Trinajstić information content (AvgIpc) is 3.39. The van der Waals surface area contributed by atoms with Crippen LogP contribution in [0.2, 0.25) is 0 Å². The average molecular weight is 1060 g/mol. The minimum atomic E-state index is -4.77. The van der Waals surface area contributed by atoms with Crippen LogP contribution in [0.4, 0.5) is 0 Å². The van der Waals surface area contributed by atoms with Gasteiger partial charge >= 0.3 is 25.7 Å². The van der Waals surface area contributed by atoms with Gasteiger partial charge in [-0.1, -0.05) is 214 Å². The maximum atomic E-state index is 12.9. The lowest BCUT2D eigenvalue weighted by atomic mass is 10.1. The Morgan fingerprint density at radius 2 is 0.730 bits per heavy atom. The van der Waals surface area contributed by atoms with E-state index < -0.39 is 57.8 Å². The number of ether oxygens (including phenoxy) is 3. The first-order valence-electron chi connectivity index (χ1n) is 29.1. The molecule has 0 aliphatic heterocycles. The highest BCUT2D eigenvalue weighted by Gasteiger charge is 2.28. The number of esters is 3. The summed E-state index contributed by atoms with van der Waals surface area (Å²) < 4.78 is 39.4. The number of unbranched alkanes of at least 4 members (excludes halogenated alkanes) is 20. The zero-order valence-corrected chi connectivity index (χ0v) is 47.7. The van der Waals surface area contributed by atoms with Crippen molar-refractivity contribution in [3.63, 3.8) is 0 Å². The minimum Gasteiger partial charge on any atom is -0.462 e. The van der Waals surface area contributed by atoms with Crippen LogP contribution in [0.1, 0.15) is 239 Å². The summed E-state index contributed by atoms with van der Waals surface area (Å²) >= 11 is 0. The van der Waals surface area contributed by atoms with Gasteiger partial charge in [-0.2, -0.15) is 0 Å². The molecule has 3 unspecified atom stereocenters. The van der Waals surface area contributed by atoms with Crippen LogP contribution in [0, 0.1) is 0 Å². The maximum absolute atomic E-state index is 12.9. The Balaban J connectivity index is 4.80. The molecule has 0 aromatic carbocycles. The number of carbonyl (C=O) groups excluding carboxylic acids is 3. The molecule has 0 spiro atoms. The minimum absolute atomic E-state index is 0.0515. The van der Waals surface area contributed by atoms with Crippen molar-refractivity contribution in [1.29, 1.82) is 0 Å². The lowest BCUT2D eigenvalue weighted by molar-refractivity contribution is -0.161. The molecular weight excluding hydrogens is 952 g/mol. The molecule has 74 heavy (non-hydrogen) atoms. The smallest absolute Gasteiger partial charge is 0.462 e. The fourth-order valence-corrected chi connectivity index (χ4v) is 8.40. The summed E-state index contributed by atoms with van der Waals surface area (Å²) in [5.74, 6) is -1.58. The fourth-order valence-electron chi connectivity index (χ4n) is 7.61. The van der Waals surface area contributed by atoms with Gasteiger partial charge in [0.25, 0.3) is 0 Å². The van der Waals surface area contributed by atoms with E-state index >= 15 is 0 Å². The highest BCUT2D eigenvalue weighted by Crippen LogP contribution is 2.43. The summed E-state index contributed by atoms with van der Waals surface area (Å²) in [6, 6.07) is 0. The van der Waals surface area contributed by atoms with Gasteiger partial charge in [-0.05, 0) is 103 Å². The lowest BCUT2D eigenvalue weighted by Crippen LogP contribution is -2.30. The predicted molar refractivity (Wildman–Crippen MR) is 307 cm³/mol. The SMILES string of the molecule is CC/C=C\C/C=C\C/C=C\C/C=C\CCC(=O)OC(CO)COP(=O)(O)OCC(COC(=O)CCCCCCC/C=C\C/C=C\C/C=C\CC)OC(=O)CCCCCCCCCCC/C=C\CCCCCCCC. The van der Waals surface area contributed by atoms with Crippen LogP contribution in [-0.4, -0.2) is 66.5 Å². The second-order valence-corrected chi connectivity index (χ2v) is 20.5. The molecule has 0 amide bonds. The molecule has 0 heterocycles. The Morgan fingerprint density at radius 3 is 1.18 bits per heavy atom. The Labute approximate surface area is 451 Å². The molecular formula is C62H105O11P. The summed E-state index contributed by atoms with van der Waals surface area (Å²) in [6.07, 6.45) is 65.3. The van der Waals surface area contributed by atoms with E-state index in [0.717, 1.165) is 96.3 Å². The molecule has 0 bridgehead atoms. The summed E-state index contributed by atoms with van der Waals surface area (Å²) in [7, 11) is -4.77. The van der Waals surface area contributed by atoms with E-state index in [1.54, 1.807) is 0 Å². The Bertz CT molecular complexity index is 1610. The van der Waals surface area contributed by atoms with Gasteiger partial charge < -0.3 is 24.2 Å². The van der Waals surface area contributed by atoms with E-state index in [4.69, 9.17) is 23.3 Å². The van der Waals surface area contributed by atoms with Crippen LogP contribution < -0.4 is 0 Å². The van der Waals surface area contributed by atoms with Crippen molar-refractivity contribution in [2.75, 3.05) is 26.4 Å². The topological polar surface area (TPSA) is 155 Å². The van der Waals surface area contributed by atoms with E-state index in [-0.39, 0.29) is 25.9 Å². The molecule has 12 heteroatoms. The third-order valence-electron chi connectivity index (χ3n) is 12.0. The number of hydrogen-bond acceptors (Lipinski definition) is 10. The summed E-state index contributed by atoms with van der Waals surface area (Å²) in [5.41, 5.74) is 0. The normalized spacial score (nSPS) is 14.1. The van der Waals surface area contributed by atoms with Gasteiger partial charge in [0, 0.05) is 19.3 Å². The fraction of sp³-hybridized carbons (Fsp3) is 0.694. The number of hydrogen-bond donors (Lipinski definition) is 2. The summed E-state index contributed by atoms with van der Waals surface area (Å²) in [5, 5.41) is 9.79. The number of aliphatic hydroxyl groups excluding tert-OH is 1. The van der Waals surface area contributed by atoms with Gasteiger partial charge in [0.15, 0.2) is 6.10 Å². The summed E-state index contributed by atoms with van der Waals surface area (Å²) in [4.78, 5) is 48.5. The number of phosphoric acid groups is 1. The summed E-state index contributed by atoms with van der Waals surface area (Å²) in [6.45, 7) is 4.31. The van der Waals surface area contributed by atoms with Crippen LogP contribution >= 0.6 is 7.82 Å². The Hall–Kier alpha value is -3.60. The van der Waals surface area contributed by atoms with Crippen molar-refractivity contribution in [1.82, 2.24) is 0 Å². The number of allylic oxidation sites excluding steroid dienone is 16. The second kappa shape index (κ2) is 55.6. The predicted octanol–water partition coefficient (Wildman–Crippen LogP) is 17.3. The van der Waals surface area contributed by atoms with Crippen LogP contribution in [0.5, 0.6) is 0 Å². The third-order valence-corrected chi connectivity index (χ3v) is 12.9. The first-order valence-corrected chi connectivity index (χ1v) is 30.6. The zero-order valence-electron chi connectivity index (χ0n) is 46.8. The molecule has 0 aromatic heterocycles. The van der Waals surface area contributed by atoms with Gasteiger partial charge in [0.05, 0.1) is 19.8 Å². The van der Waals surface area contributed by atoms with E-state index in [1.165, 1.54) is 83.5 Å². The molecule has 0 fully saturated rings. The van der Waals surface area contributed by atoms with Crippen molar-refractivity contribution in [3.8, 4) is 0 Å². The van der Waals surface area contributed by atoms with Crippen LogP contribution in [0.3, 0.4) is 0 Å². The molecule has 0 rings (SSSR count). The van der Waals surface area contributed by atoms with Gasteiger partial charge in [-0.15, -0.1) is 0 Å². The van der Waals surface area contributed by atoms with Gasteiger partial charge in [-0.3, -0.25) is 23.4 Å². The van der Waals surface area contributed by atoms with E-state index in [2.05, 4.69) is 106 Å². The number of aliphatic hydroxyl groups is 1. The lowest BCUT2D eigenvalue weighted by Gasteiger charge is -2.21. The molecule has 0 aliphatic rings. The van der Waals surface area contributed by atoms with E-state index in [1.807, 2.05) is 12.2 Å². The first kappa shape index (κ1) is 70.4. The molecule has 0 aliphatic carbocycles.